The Morgan fingerprint density at radius 1 is 1.35 bits per heavy atom. The Hall–Kier alpha value is -1.66. The highest BCUT2D eigenvalue weighted by Crippen LogP contribution is 2.12. The second-order valence-electron chi connectivity index (χ2n) is 3.67. The molecule has 0 aliphatic carbocycles. The van der Waals surface area contributed by atoms with E-state index in [4.69, 9.17) is 17.3 Å². The van der Waals surface area contributed by atoms with Gasteiger partial charge in [-0.15, -0.1) is 0 Å². The van der Waals surface area contributed by atoms with E-state index in [2.05, 4.69) is 15.3 Å². The number of aromatic amines is 2. The number of rotatable bonds is 4. The van der Waals surface area contributed by atoms with Gasteiger partial charge in [0, 0.05) is 18.7 Å². The molecule has 0 spiro atoms. The van der Waals surface area contributed by atoms with E-state index in [-0.39, 0.29) is 12.5 Å². The van der Waals surface area contributed by atoms with Crippen molar-refractivity contribution in [3.63, 3.8) is 0 Å². The first-order chi connectivity index (χ1) is 8.20. The Labute approximate surface area is 103 Å². The van der Waals surface area contributed by atoms with Gasteiger partial charge in [0.2, 0.25) is 0 Å². The summed E-state index contributed by atoms with van der Waals surface area (Å²) in [6.45, 7) is 0.542. The number of nitrogens with one attached hydrogen (secondary N) is 3. The lowest BCUT2D eigenvalue weighted by atomic mass is 10.2. The second kappa shape index (κ2) is 5.11. The summed E-state index contributed by atoms with van der Waals surface area (Å²) in [6, 6.07) is 5.29. The van der Waals surface area contributed by atoms with Gasteiger partial charge >= 0.3 is 0 Å². The van der Waals surface area contributed by atoms with Crippen LogP contribution in [0.2, 0.25) is 0 Å². The highest BCUT2D eigenvalue weighted by Gasteiger charge is 2.06. The van der Waals surface area contributed by atoms with Crippen molar-refractivity contribution in [3.8, 4) is 0 Å². The molecule has 0 saturated carbocycles. The summed E-state index contributed by atoms with van der Waals surface area (Å²) in [5, 5.41) is 11.3. The van der Waals surface area contributed by atoms with Gasteiger partial charge in [-0.2, -0.15) is 0 Å². The number of H-pyrrole nitrogens is 2. The first-order valence-corrected chi connectivity index (χ1v) is 5.72. The summed E-state index contributed by atoms with van der Waals surface area (Å²) in [6.07, 6.45) is 0.556. The number of hydrogen-bond donors (Lipinski definition) is 4. The van der Waals surface area contributed by atoms with Gasteiger partial charge < -0.3 is 20.4 Å². The number of benzene rings is 1. The smallest absolute Gasteiger partial charge is 0.251 e. The number of hydrogen-bond acceptors (Lipinski definition) is 3. The third kappa shape index (κ3) is 2.72. The van der Waals surface area contributed by atoms with E-state index in [1.54, 1.807) is 12.1 Å². The average molecular weight is 251 g/mol. The third-order valence-electron chi connectivity index (χ3n) is 2.40. The standard InChI is InChI=1S/C11H13N3O2S/c15-5-1-4-12-10(16)7-2-3-8-9(6-7)14-11(17)13-8/h2-3,6,15H,1,4-5H2,(H,12,16)(H2,13,14,17). The van der Waals surface area contributed by atoms with Gasteiger partial charge in [-0.3, -0.25) is 4.79 Å². The molecule has 1 aromatic heterocycles. The predicted octanol–water partition coefficient (Wildman–Crippen LogP) is 1.34. The van der Waals surface area contributed by atoms with Crippen LogP contribution < -0.4 is 5.32 Å². The minimum absolute atomic E-state index is 0.0736. The van der Waals surface area contributed by atoms with Crippen LogP contribution in [0.25, 0.3) is 11.0 Å². The van der Waals surface area contributed by atoms with Gasteiger partial charge in [-0.05, 0) is 36.8 Å². The molecule has 1 amide bonds. The first kappa shape index (κ1) is 11.8. The minimum atomic E-state index is -0.152. The lowest BCUT2D eigenvalue weighted by Gasteiger charge is -2.03. The maximum absolute atomic E-state index is 11.7. The Morgan fingerprint density at radius 2 is 2.12 bits per heavy atom. The van der Waals surface area contributed by atoms with Crippen LogP contribution in [-0.4, -0.2) is 34.1 Å². The van der Waals surface area contributed by atoms with E-state index >= 15 is 0 Å². The molecule has 0 aliphatic heterocycles. The van der Waals surface area contributed by atoms with Crippen LogP contribution >= 0.6 is 12.2 Å². The predicted molar refractivity (Wildman–Crippen MR) is 67.5 cm³/mol. The van der Waals surface area contributed by atoms with E-state index in [0.717, 1.165) is 11.0 Å². The quantitative estimate of drug-likeness (QED) is 0.489. The van der Waals surface area contributed by atoms with Crippen molar-refractivity contribution < 1.29 is 9.90 Å². The van der Waals surface area contributed by atoms with Crippen LogP contribution in [0.3, 0.4) is 0 Å². The first-order valence-electron chi connectivity index (χ1n) is 5.32. The van der Waals surface area contributed by atoms with E-state index in [1.807, 2.05) is 6.07 Å². The number of aliphatic hydroxyl groups is 1. The molecule has 0 saturated heterocycles. The van der Waals surface area contributed by atoms with Gasteiger partial charge in [0.05, 0.1) is 11.0 Å². The minimum Gasteiger partial charge on any atom is -0.396 e. The third-order valence-corrected chi connectivity index (χ3v) is 2.60. The van der Waals surface area contributed by atoms with Crippen molar-refractivity contribution in [2.45, 2.75) is 6.42 Å². The number of aliphatic hydroxyl groups excluding tert-OH is 1. The summed E-state index contributed by atoms with van der Waals surface area (Å²) >= 11 is 4.97. The highest BCUT2D eigenvalue weighted by atomic mass is 32.1. The molecule has 5 nitrogen and oxygen atoms in total. The summed E-state index contributed by atoms with van der Waals surface area (Å²) in [5.74, 6) is -0.152. The molecule has 1 aromatic carbocycles. The molecular formula is C11H13N3O2S. The zero-order chi connectivity index (χ0) is 12.3. The molecule has 2 aromatic rings. The van der Waals surface area contributed by atoms with Crippen molar-refractivity contribution in [1.29, 1.82) is 0 Å². The zero-order valence-electron chi connectivity index (χ0n) is 9.12. The monoisotopic (exact) mass is 251 g/mol. The Bertz CT molecular complexity index is 588. The lowest BCUT2D eigenvalue weighted by molar-refractivity contribution is 0.0951. The summed E-state index contributed by atoms with van der Waals surface area (Å²) in [4.78, 5) is 17.7. The number of aromatic nitrogens is 2. The molecule has 0 unspecified atom stereocenters. The topological polar surface area (TPSA) is 80.9 Å². The van der Waals surface area contributed by atoms with Crippen molar-refractivity contribution >= 4 is 29.2 Å². The van der Waals surface area contributed by atoms with Crippen molar-refractivity contribution in [1.82, 2.24) is 15.3 Å². The molecule has 0 aliphatic rings. The van der Waals surface area contributed by atoms with Gasteiger partial charge in [0.15, 0.2) is 4.77 Å². The molecule has 4 N–H and O–H groups in total. The highest BCUT2D eigenvalue weighted by molar-refractivity contribution is 7.71. The van der Waals surface area contributed by atoms with Gasteiger partial charge in [-0.25, -0.2) is 0 Å². The molecule has 0 fully saturated rings. The maximum atomic E-state index is 11.7. The van der Waals surface area contributed by atoms with Crippen LogP contribution in [0.15, 0.2) is 18.2 Å². The fourth-order valence-electron chi connectivity index (χ4n) is 1.56. The number of fused-ring (bicyclic) bond motifs is 1. The molecule has 0 bridgehead atoms. The Morgan fingerprint density at radius 3 is 2.88 bits per heavy atom. The fourth-order valence-corrected chi connectivity index (χ4v) is 1.78. The van der Waals surface area contributed by atoms with Crippen molar-refractivity contribution in [2.24, 2.45) is 0 Å². The van der Waals surface area contributed by atoms with E-state index < -0.39 is 0 Å². The Balaban J connectivity index is 2.17. The normalized spacial score (nSPS) is 10.6. The summed E-state index contributed by atoms with van der Waals surface area (Å²) in [7, 11) is 0. The molecule has 6 heteroatoms. The van der Waals surface area contributed by atoms with Gasteiger partial charge in [0.25, 0.3) is 5.91 Å². The molecular weight excluding hydrogens is 238 g/mol. The van der Waals surface area contributed by atoms with E-state index in [1.165, 1.54) is 0 Å². The summed E-state index contributed by atoms with van der Waals surface area (Å²) in [5.41, 5.74) is 2.26. The van der Waals surface area contributed by atoms with Crippen molar-refractivity contribution in [2.75, 3.05) is 13.2 Å². The number of carbonyl (C=O) groups excluding carboxylic acids is 1. The van der Waals surface area contributed by atoms with Crippen LogP contribution in [0.4, 0.5) is 0 Å². The zero-order valence-corrected chi connectivity index (χ0v) is 9.93. The second-order valence-corrected chi connectivity index (χ2v) is 4.08. The van der Waals surface area contributed by atoms with Crippen LogP contribution in [0.1, 0.15) is 16.8 Å². The molecule has 90 valence electrons. The number of carbonyl (C=O) groups is 1. The van der Waals surface area contributed by atoms with E-state index in [9.17, 15) is 4.79 Å². The number of imidazole rings is 1. The van der Waals surface area contributed by atoms with Crippen LogP contribution in [0, 0.1) is 4.77 Å². The largest absolute Gasteiger partial charge is 0.396 e. The van der Waals surface area contributed by atoms with Gasteiger partial charge in [-0.1, -0.05) is 0 Å². The average Bonchev–Trinajstić information content (AvgIpc) is 2.68. The SMILES string of the molecule is O=C(NCCCO)c1ccc2[nH]c(=S)[nH]c2c1. The lowest BCUT2D eigenvalue weighted by Crippen LogP contribution is -2.24. The van der Waals surface area contributed by atoms with Crippen LogP contribution in [-0.2, 0) is 0 Å². The molecule has 0 atom stereocenters. The molecule has 2 rings (SSSR count). The summed E-state index contributed by atoms with van der Waals surface area (Å²) < 4.78 is 0.540. The Kier molecular flexibility index (Phi) is 3.55. The maximum Gasteiger partial charge on any atom is 0.251 e. The van der Waals surface area contributed by atoms with E-state index in [0.29, 0.717) is 23.3 Å². The molecule has 17 heavy (non-hydrogen) atoms. The molecule has 0 radical (unpaired) electrons. The van der Waals surface area contributed by atoms with Crippen molar-refractivity contribution in [3.05, 3.63) is 28.5 Å². The number of amides is 1. The van der Waals surface area contributed by atoms with Crippen LogP contribution in [0.5, 0.6) is 0 Å². The molecule has 1 heterocycles. The fraction of sp³-hybridized carbons (Fsp3) is 0.273. The van der Waals surface area contributed by atoms with Gasteiger partial charge in [0.1, 0.15) is 0 Å².